The van der Waals surface area contributed by atoms with Crippen molar-refractivity contribution in [3.63, 3.8) is 0 Å². The van der Waals surface area contributed by atoms with E-state index in [0.29, 0.717) is 6.61 Å². The molecule has 16 heavy (non-hydrogen) atoms. The van der Waals surface area contributed by atoms with Crippen LogP contribution in [-0.2, 0) is 9.09 Å². The summed E-state index contributed by atoms with van der Waals surface area (Å²) in [5.74, 6) is 1.64. The van der Waals surface area contributed by atoms with E-state index in [1.54, 1.807) is 24.6 Å². The Bertz CT molecular complexity index is 387. The molecule has 1 atom stereocenters. The van der Waals surface area contributed by atoms with Crippen LogP contribution in [0.15, 0.2) is 36.1 Å². The normalized spacial score (nSPS) is 15.5. The SMILES string of the molecule is CCOP(=O)(/C=C/c1ccccc1)N(C)C. The van der Waals surface area contributed by atoms with Crippen LogP contribution in [0, 0.1) is 0 Å². The van der Waals surface area contributed by atoms with E-state index < -0.39 is 7.52 Å². The number of hydrogen-bond donors (Lipinski definition) is 0. The smallest absolute Gasteiger partial charge is 0.294 e. The van der Waals surface area contributed by atoms with Gasteiger partial charge in [0.2, 0.25) is 0 Å². The van der Waals surface area contributed by atoms with Crippen LogP contribution >= 0.6 is 7.52 Å². The van der Waals surface area contributed by atoms with E-state index in [1.165, 1.54) is 0 Å². The predicted molar refractivity (Wildman–Crippen MR) is 68.4 cm³/mol. The Hall–Kier alpha value is -0.890. The standard InChI is InChI=1S/C12H18NO2P/c1-4-15-16(14,13(2)3)11-10-12-8-6-5-7-9-12/h5-11H,4H2,1-3H3/b11-10+. The second kappa shape index (κ2) is 6.00. The summed E-state index contributed by atoms with van der Waals surface area (Å²) in [7, 11) is 0.707. The van der Waals surface area contributed by atoms with Gasteiger partial charge in [-0.05, 0) is 32.7 Å². The molecule has 0 aliphatic rings. The second-order valence-corrected chi connectivity index (χ2v) is 6.04. The molecule has 0 amide bonds. The highest BCUT2D eigenvalue weighted by molar-refractivity contribution is 7.59. The Morgan fingerprint density at radius 3 is 2.44 bits per heavy atom. The zero-order valence-corrected chi connectivity index (χ0v) is 10.9. The first-order chi connectivity index (χ1) is 7.58. The highest BCUT2D eigenvalue weighted by Crippen LogP contribution is 2.50. The van der Waals surface area contributed by atoms with Gasteiger partial charge in [-0.1, -0.05) is 30.3 Å². The first-order valence-corrected chi connectivity index (χ1v) is 6.89. The van der Waals surface area contributed by atoms with Crippen molar-refractivity contribution >= 4 is 13.6 Å². The van der Waals surface area contributed by atoms with Crippen molar-refractivity contribution in [3.8, 4) is 0 Å². The summed E-state index contributed by atoms with van der Waals surface area (Å²) < 4.78 is 19.2. The molecule has 0 N–H and O–H groups in total. The summed E-state index contributed by atoms with van der Waals surface area (Å²) in [4.78, 5) is 0. The topological polar surface area (TPSA) is 29.5 Å². The molecular weight excluding hydrogens is 221 g/mol. The largest absolute Gasteiger partial charge is 0.315 e. The van der Waals surface area contributed by atoms with E-state index in [-0.39, 0.29) is 0 Å². The number of nitrogens with zero attached hydrogens (tertiary/aromatic N) is 1. The summed E-state index contributed by atoms with van der Waals surface area (Å²) in [6, 6.07) is 9.76. The lowest BCUT2D eigenvalue weighted by atomic mass is 10.2. The van der Waals surface area contributed by atoms with Crippen LogP contribution in [0.3, 0.4) is 0 Å². The van der Waals surface area contributed by atoms with Gasteiger partial charge in [-0.2, -0.15) is 0 Å². The van der Waals surface area contributed by atoms with Crippen LogP contribution in [0.4, 0.5) is 0 Å². The van der Waals surface area contributed by atoms with Gasteiger partial charge in [-0.25, -0.2) is 4.67 Å². The van der Waals surface area contributed by atoms with Crippen LogP contribution in [0.5, 0.6) is 0 Å². The number of rotatable bonds is 5. The van der Waals surface area contributed by atoms with E-state index in [2.05, 4.69) is 0 Å². The molecule has 0 aromatic heterocycles. The average Bonchev–Trinajstić information content (AvgIpc) is 2.28. The van der Waals surface area contributed by atoms with E-state index in [1.807, 2.05) is 43.3 Å². The lowest BCUT2D eigenvalue weighted by Gasteiger charge is -2.20. The van der Waals surface area contributed by atoms with Gasteiger partial charge in [0.05, 0.1) is 6.61 Å². The van der Waals surface area contributed by atoms with Gasteiger partial charge in [0, 0.05) is 5.82 Å². The molecule has 0 aliphatic heterocycles. The van der Waals surface area contributed by atoms with Gasteiger partial charge < -0.3 is 4.52 Å². The molecule has 0 aliphatic carbocycles. The molecule has 0 saturated heterocycles. The Morgan fingerprint density at radius 2 is 1.94 bits per heavy atom. The van der Waals surface area contributed by atoms with Crippen molar-refractivity contribution in [2.75, 3.05) is 20.7 Å². The molecule has 1 unspecified atom stereocenters. The van der Waals surface area contributed by atoms with Crippen molar-refractivity contribution in [1.29, 1.82) is 0 Å². The number of hydrogen-bond acceptors (Lipinski definition) is 2. The molecule has 1 aromatic rings. The van der Waals surface area contributed by atoms with Crippen molar-refractivity contribution in [2.45, 2.75) is 6.92 Å². The zero-order chi connectivity index (χ0) is 12.0. The Labute approximate surface area is 97.2 Å². The average molecular weight is 239 g/mol. The highest BCUT2D eigenvalue weighted by atomic mass is 31.2. The van der Waals surface area contributed by atoms with E-state index >= 15 is 0 Å². The maximum Gasteiger partial charge on any atom is 0.294 e. The Kier molecular flexibility index (Phi) is 4.94. The third kappa shape index (κ3) is 3.60. The first kappa shape index (κ1) is 13.2. The van der Waals surface area contributed by atoms with Crippen LogP contribution in [-0.4, -0.2) is 25.4 Å². The Morgan fingerprint density at radius 1 is 1.31 bits per heavy atom. The van der Waals surface area contributed by atoms with Gasteiger partial charge in [-0.15, -0.1) is 0 Å². The monoisotopic (exact) mass is 239 g/mol. The minimum atomic E-state index is -2.80. The fourth-order valence-corrected chi connectivity index (χ4v) is 2.54. The van der Waals surface area contributed by atoms with Gasteiger partial charge in [0.1, 0.15) is 0 Å². The summed E-state index contributed by atoms with van der Waals surface area (Å²) in [5, 5.41) is 0. The molecular formula is C12H18NO2P. The molecule has 0 heterocycles. The molecule has 0 radical (unpaired) electrons. The lowest BCUT2D eigenvalue weighted by Crippen LogP contribution is -2.08. The summed E-state index contributed by atoms with van der Waals surface area (Å²) in [5.41, 5.74) is 1.02. The number of benzene rings is 1. The predicted octanol–water partition coefficient (Wildman–Crippen LogP) is 3.45. The summed E-state index contributed by atoms with van der Waals surface area (Å²) in [6.07, 6.45) is 1.83. The molecule has 1 rings (SSSR count). The van der Waals surface area contributed by atoms with Crippen molar-refractivity contribution < 1.29 is 9.09 Å². The molecule has 0 spiro atoms. The summed E-state index contributed by atoms with van der Waals surface area (Å²) >= 11 is 0. The molecule has 3 nitrogen and oxygen atoms in total. The van der Waals surface area contributed by atoms with Crippen LogP contribution in [0.2, 0.25) is 0 Å². The van der Waals surface area contributed by atoms with Crippen LogP contribution < -0.4 is 0 Å². The third-order valence-electron chi connectivity index (χ3n) is 2.13. The molecule has 0 saturated carbocycles. The second-order valence-electron chi connectivity index (χ2n) is 3.56. The fourth-order valence-electron chi connectivity index (χ4n) is 1.22. The maximum absolute atomic E-state index is 12.3. The maximum atomic E-state index is 12.3. The van der Waals surface area contributed by atoms with Crippen LogP contribution in [0.25, 0.3) is 6.08 Å². The van der Waals surface area contributed by atoms with E-state index in [0.717, 1.165) is 5.56 Å². The van der Waals surface area contributed by atoms with Gasteiger partial charge in [0.25, 0.3) is 7.52 Å². The van der Waals surface area contributed by atoms with Crippen molar-refractivity contribution in [1.82, 2.24) is 4.67 Å². The molecule has 0 fully saturated rings. The van der Waals surface area contributed by atoms with Crippen molar-refractivity contribution in [2.24, 2.45) is 0 Å². The van der Waals surface area contributed by atoms with E-state index in [4.69, 9.17) is 4.52 Å². The quantitative estimate of drug-likeness (QED) is 0.737. The fraction of sp³-hybridized carbons (Fsp3) is 0.333. The Balaban J connectivity index is 2.84. The molecule has 0 bridgehead atoms. The molecule has 1 aromatic carbocycles. The zero-order valence-electron chi connectivity index (χ0n) is 9.96. The minimum Gasteiger partial charge on any atom is -0.315 e. The third-order valence-corrected chi connectivity index (χ3v) is 4.40. The highest BCUT2D eigenvalue weighted by Gasteiger charge is 2.21. The lowest BCUT2D eigenvalue weighted by molar-refractivity contribution is 0.306. The molecule has 88 valence electrons. The van der Waals surface area contributed by atoms with Gasteiger partial charge in [-0.3, -0.25) is 4.57 Å². The van der Waals surface area contributed by atoms with Gasteiger partial charge in [0.15, 0.2) is 0 Å². The first-order valence-electron chi connectivity index (χ1n) is 5.25. The van der Waals surface area contributed by atoms with Crippen molar-refractivity contribution in [3.05, 3.63) is 41.7 Å². The van der Waals surface area contributed by atoms with E-state index in [9.17, 15) is 4.57 Å². The summed E-state index contributed by atoms with van der Waals surface area (Å²) in [6.45, 7) is 2.28. The van der Waals surface area contributed by atoms with Crippen LogP contribution in [0.1, 0.15) is 12.5 Å². The van der Waals surface area contributed by atoms with Gasteiger partial charge >= 0.3 is 0 Å². The molecule has 4 heteroatoms. The minimum absolute atomic E-state index is 0.439.